The molecule has 1 aliphatic rings. The second kappa shape index (κ2) is 7.36. The number of carbonyl (C=O) groups excluding carboxylic acids is 1. The summed E-state index contributed by atoms with van der Waals surface area (Å²) in [4.78, 5) is 22.8. The molecule has 4 heterocycles. The summed E-state index contributed by atoms with van der Waals surface area (Å²) in [7, 11) is 1.85. The third-order valence-corrected chi connectivity index (χ3v) is 5.27. The van der Waals surface area contributed by atoms with Gasteiger partial charge in [-0.05, 0) is 30.4 Å². The maximum atomic E-state index is 11.9. The van der Waals surface area contributed by atoms with Gasteiger partial charge in [0.2, 0.25) is 17.7 Å². The van der Waals surface area contributed by atoms with E-state index in [-0.39, 0.29) is 12.0 Å². The van der Waals surface area contributed by atoms with E-state index in [9.17, 15) is 4.79 Å². The first kappa shape index (κ1) is 17.5. The highest BCUT2D eigenvalue weighted by Crippen LogP contribution is 2.31. The first-order chi connectivity index (χ1) is 13.1. The van der Waals surface area contributed by atoms with Crippen LogP contribution in [0.25, 0.3) is 10.2 Å². The monoisotopic (exact) mass is 384 g/mol. The van der Waals surface area contributed by atoms with Crippen LogP contribution in [0.2, 0.25) is 0 Å². The number of hydrogen-bond acceptors (Lipinski definition) is 7. The molecule has 1 atom stereocenters. The van der Waals surface area contributed by atoms with Gasteiger partial charge in [-0.3, -0.25) is 9.48 Å². The van der Waals surface area contributed by atoms with Crippen LogP contribution < -0.4 is 10.1 Å². The quantitative estimate of drug-likeness (QED) is 0.681. The molecule has 140 valence electrons. The van der Waals surface area contributed by atoms with Crippen LogP contribution in [-0.4, -0.2) is 49.7 Å². The van der Waals surface area contributed by atoms with Crippen LogP contribution in [0, 0.1) is 0 Å². The molecule has 3 aromatic heterocycles. The number of amides is 1. The topological polar surface area (TPSA) is 85.2 Å². The minimum Gasteiger partial charge on any atom is -0.471 e. The van der Waals surface area contributed by atoms with Gasteiger partial charge < -0.3 is 15.0 Å². The molecule has 1 N–H and O–H groups in total. The van der Waals surface area contributed by atoms with Crippen molar-refractivity contribution >= 4 is 39.1 Å². The summed E-state index contributed by atoms with van der Waals surface area (Å²) in [6.07, 6.45) is 6.57. The summed E-state index contributed by atoms with van der Waals surface area (Å²) in [5.41, 5.74) is 1.63. The molecule has 1 amide bonds. The lowest BCUT2D eigenvalue weighted by Gasteiger charge is -2.32. The zero-order valence-electron chi connectivity index (χ0n) is 15.0. The molecular weight excluding hydrogens is 364 g/mol. The molecule has 0 aliphatic carbocycles. The number of carbonyl (C=O) groups is 1. The van der Waals surface area contributed by atoms with Crippen molar-refractivity contribution in [1.29, 1.82) is 0 Å². The van der Waals surface area contributed by atoms with Gasteiger partial charge in [0.25, 0.3) is 0 Å². The lowest BCUT2D eigenvalue weighted by atomic mass is 10.1. The van der Waals surface area contributed by atoms with Gasteiger partial charge in [0.1, 0.15) is 10.8 Å². The van der Waals surface area contributed by atoms with Gasteiger partial charge in [0.15, 0.2) is 0 Å². The number of aryl methyl sites for hydroxylation is 1. The Bertz CT molecular complexity index is 981. The Morgan fingerprint density at radius 2 is 2.37 bits per heavy atom. The van der Waals surface area contributed by atoms with Crippen LogP contribution >= 0.6 is 11.3 Å². The van der Waals surface area contributed by atoms with Crippen LogP contribution in [-0.2, 0) is 11.8 Å². The van der Waals surface area contributed by atoms with E-state index in [4.69, 9.17) is 4.74 Å². The molecule has 4 rings (SSSR count). The number of ether oxygens (including phenoxy) is 1. The lowest BCUT2D eigenvalue weighted by molar-refractivity contribution is -0.128. The van der Waals surface area contributed by atoms with E-state index in [2.05, 4.69) is 27.0 Å². The molecule has 1 saturated heterocycles. The SMILES string of the molecule is C=CC(=O)N1CCC[C@@H](Oc2nc(Nc3cnn(C)c3)nc3ccsc23)C1. The Kier molecular flexibility index (Phi) is 4.76. The van der Waals surface area contributed by atoms with Gasteiger partial charge in [0.05, 0.1) is 23.9 Å². The highest BCUT2D eigenvalue weighted by atomic mass is 32.1. The molecule has 3 aromatic rings. The van der Waals surface area contributed by atoms with Crippen LogP contribution in [0.15, 0.2) is 36.5 Å². The van der Waals surface area contributed by atoms with E-state index >= 15 is 0 Å². The average Bonchev–Trinajstić information content (AvgIpc) is 3.30. The maximum absolute atomic E-state index is 11.9. The number of anilines is 2. The fraction of sp³-hybridized carbons (Fsp3) is 0.333. The number of piperidine rings is 1. The Morgan fingerprint density at radius 1 is 1.48 bits per heavy atom. The maximum Gasteiger partial charge on any atom is 0.246 e. The minimum atomic E-state index is -0.103. The van der Waals surface area contributed by atoms with Crippen LogP contribution in [0.5, 0.6) is 5.88 Å². The largest absolute Gasteiger partial charge is 0.471 e. The summed E-state index contributed by atoms with van der Waals surface area (Å²) in [6.45, 7) is 4.83. The van der Waals surface area contributed by atoms with Crippen LogP contribution in [0.1, 0.15) is 12.8 Å². The first-order valence-electron chi connectivity index (χ1n) is 8.71. The van der Waals surface area contributed by atoms with E-state index in [1.807, 2.05) is 24.7 Å². The highest BCUT2D eigenvalue weighted by molar-refractivity contribution is 7.17. The van der Waals surface area contributed by atoms with Crippen molar-refractivity contribution in [3.63, 3.8) is 0 Å². The zero-order chi connectivity index (χ0) is 18.8. The van der Waals surface area contributed by atoms with Gasteiger partial charge in [-0.1, -0.05) is 6.58 Å². The van der Waals surface area contributed by atoms with Crippen LogP contribution in [0.4, 0.5) is 11.6 Å². The number of hydrogen-bond donors (Lipinski definition) is 1. The van der Waals surface area contributed by atoms with E-state index in [1.54, 1.807) is 27.1 Å². The zero-order valence-corrected chi connectivity index (χ0v) is 15.8. The molecule has 8 nitrogen and oxygen atoms in total. The fourth-order valence-corrected chi connectivity index (χ4v) is 3.87. The lowest BCUT2D eigenvalue weighted by Crippen LogP contribution is -2.43. The normalized spacial score (nSPS) is 17.1. The van der Waals surface area contributed by atoms with Crippen molar-refractivity contribution < 1.29 is 9.53 Å². The van der Waals surface area contributed by atoms with Gasteiger partial charge in [-0.2, -0.15) is 10.1 Å². The third-order valence-electron chi connectivity index (χ3n) is 4.38. The second-order valence-electron chi connectivity index (χ2n) is 6.39. The van der Waals surface area contributed by atoms with Crippen molar-refractivity contribution in [2.75, 3.05) is 18.4 Å². The summed E-state index contributed by atoms with van der Waals surface area (Å²) >= 11 is 1.54. The molecule has 0 unspecified atom stereocenters. The molecule has 1 aliphatic heterocycles. The molecule has 0 bridgehead atoms. The van der Waals surface area contributed by atoms with Crippen molar-refractivity contribution in [2.45, 2.75) is 18.9 Å². The predicted octanol–water partition coefficient (Wildman–Crippen LogP) is 2.72. The third kappa shape index (κ3) is 3.77. The summed E-state index contributed by atoms with van der Waals surface area (Å²) in [6, 6.07) is 1.94. The van der Waals surface area contributed by atoms with E-state index < -0.39 is 0 Å². The van der Waals surface area contributed by atoms with Crippen molar-refractivity contribution in [1.82, 2.24) is 24.6 Å². The molecule has 0 aromatic carbocycles. The molecular formula is C18H20N6O2S. The standard InChI is InChI=1S/C18H20N6O2S/c1-3-15(25)24-7-4-5-13(11-24)26-17-16-14(6-8-27-16)21-18(22-17)20-12-9-19-23(2)10-12/h3,6,8-10,13H,1,4-5,7,11H2,2H3,(H,20,21,22)/t13-/m1/s1. The number of thiophene rings is 1. The van der Waals surface area contributed by atoms with Gasteiger partial charge >= 0.3 is 0 Å². The van der Waals surface area contributed by atoms with Gasteiger partial charge in [0, 0.05) is 19.8 Å². The number of aromatic nitrogens is 4. The first-order valence-corrected chi connectivity index (χ1v) is 9.59. The van der Waals surface area contributed by atoms with Crippen molar-refractivity contribution in [3.05, 3.63) is 36.5 Å². The van der Waals surface area contributed by atoms with Gasteiger partial charge in [-0.25, -0.2) is 4.98 Å². The smallest absolute Gasteiger partial charge is 0.246 e. The van der Waals surface area contributed by atoms with Crippen molar-refractivity contribution in [3.8, 4) is 5.88 Å². The molecule has 1 fully saturated rings. The van der Waals surface area contributed by atoms with E-state index in [0.29, 0.717) is 18.4 Å². The number of fused-ring (bicyclic) bond motifs is 1. The molecule has 27 heavy (non-hydrogen) atoms. The molecule has 9 heteroatoms. The summed E-state index contributed by atoms with van der Waals surface area (Å²) in [5.74, 6) is 0.934. The van der Waals surface area contributed by atoms with Crippen molar-refractivity contribution in [2.24, 2.45) is 7.05 Å². The van der Waals surface area contributed by atoms with E-state index in [0.717, 1.165) is 35.3 Å². The molecule has 0 saturated carbocycles. The molecule has 0 spiro atoms. The Morgan fingerprint density at radius 3 is 3.15 bits per heavy atom. The summed E-state index contributed by atoms with van der Waals surface area (Å²) < 4.78 is 8.81. The van der Waals surface area contributed by atoms with E-state index in [1.165, 1.54) is 6.08 Å². The molecule has 0 radical (unpaired) electrons. The van der Waals surface area contributed by atoms with Crippen LogP contribution in [0.3, 0.4) is 0 Å². The predicted molar refractivity (Wildman–Crippen MR) is 104 cm³/mol. The Hall–Kier alpha value is -2.94. The number of rotatable bonds is 5. The highest BCUT2D eigenvalue weighted by Gasteiger charge is 2.25. The summed E-state index contributed by atoms with van der Waals surface area (Å²) in [5, 5.41) is 9.27. The second-order valence-corrected chi connectivity index (χ2v) is 7.30. The Labute approximate surface area is 160 Å². The Balaban J connectivity index is 1.57. The fourth-order valence-electron chi connectivity index (χ4n) is 3.11. The van der Waals surface area contributed by atoms with Gasteiger partial charge in [-0.15, -0.1) is 11.3 Å². The minimum absolute atomic E-state index is 0.0637. The average molecular weight is 384 g/mol. The number of nitrogens with one attached hydrogen (secondary N) is 1. The number of likely N-dealkylation sites (tertiary alicyclic amines) is 1. The number of nitrogens with zero attached hydrogens (tertiary/aromatic N) is 5.